The molecular formula is C23H21ClN2P+. The Kier molecular flexibility index (Phi) is 5.11. The second-order valence-electron chi connectivity index (χ2n) is 6.57. The van der Waals surface area contributed by atoms with Gasteiger partial charge in [-0.25, -0.2) is 4.98 Å². The summed E-state index contributed by atoms with van der Waals surface area (Å²) in [6.07, 6.45) is 2.71. The molecule has 3 aromatic carbocycles. The number of aromatic nitrogens is 2. The minimum Gasteiger partial charge on any atom is -0.333 e. The van der Waals surface area contributed by atoms with E-state index in [1.54, 1.807) is 0 Å². The van der Waals surface area contributed by atoms with Crippen LogP contribution in [-0.4, -0.2) is 9.55 Å². The lowest BCUT2D eigenvalue weighted by Gasteiger charge is -2.27. The SMILES string of the molecule is Cn1cc(Cl)nc1C[P+](c1ccccc1)(c1ccccc1)c1ccccc1. The van der Waals surface area contributed by atoms with E-state index >= 15 is 0 Å². The van der Waals surface area contributed by atoms with Crippen molar-refractivity contribution in [3.05, 3.63) is 108 Å². The largest absolute Gasteiger partial charge is 0.333 e. The van der Waals surface area contributed by atoms with Gasteiger partial charge in [0, 0.05) is 13.2 Å². The Morgan fingerprint density at radius 1 is 0.741 bits per heavy atom. The molecule has 134 valence electrons. The summed E-state index contributed by atoms with van der Waals surface area (Å²) in [5, 5.41) is 4.59. The van der Waals surface area contributed by atoms with Gasteiger partial charge in [0.15, 0.2) is 0 Å². The Morgan fingerprint density at radius 2 is 1.15 bits per heavy atom. The maximum absolute atomic E-state index is 6.21. The fourth-order valence-electron chi connectivity index (χ4n) is 3.59. The zero-order valence-electron chi connectivity index (χ0n) is 15.2. The summed E-state index contributed by atoms with van der Waals surface area (Å²) in [5.74, 6) is 1.00. The van der Waals surface area contributed by atoms with Gasteiger partial charge in [0.25, 0.3) is 0 Å². The second kappa shape index (κ2) is 7.68. The van der Waals surface area contributed by atoms with Crippen molar-refractivity contribution in [2.24, 2.45) is 7.05 Å². The number of hydrogen-bond acceptors (Lipinski definition) is 1. The minimum atomic E-state index is -1.93. The number of halogens is 1. The third-order valence-electron chi connectivity index (χ3n) is 4.91. The van der Waals surface area contributed by atoms with E-state index in [-0.39, 0.29) is 0 Å². The van der Waals surface area contributed by atoms with Crippen LogP contribution in [0.5, 0.6) is 0 Å². The average Bonchev–Trinajstić information content (AvgIpc) is 3.04. The van der Waals surface area contributed by atoms with Gasteiger partial charge in [-0.2, -0.15) is 0 Å². The van der Waals surface area contributed by atoms with E-state index in [1.807, 2.05) is 17.8 Å². The van der Waals surface area contributed by atoms with Gasteiger partial charge in [0.2, 0.25) is 0 Å². The lowest BCUT2D eigenvalue weighted by molar-refractivity contribution is 0.847. The van der Waals surface area contributed by atoms with Crippen molar-refractivity contribution < 1.29 is 0 Å². The van der Waals surface area contributed by atoms with Crippen molar-refractivity contribution in [1.29, 1.82) is 0 Å². The van der Waals surface area contributed by atoms with Gasteiger partial charge < -0.3 is 4.57 Å². The average molecular weight is 392 g/mol. The van der Waals surface area contributed by atoms with E-state index < -0.39 is 7.26 Å². The number of aryl methyl sites for hydroxylation is 1. The van der Waals surface area contributed by atoms with Crippen molar-refractivity contribution in [1.82, 2.24) is 9.55 Å². The highest BCUT2D eigenvalue weighted by Gasteiger charge is 2.46. The van der Waals surface area contributed by atoms with Crippen LogP contribution >= 0.6 is 18.9 Å². The highest BCUT2D eigenvalue weighted by atomic mass is 35.5. The van der Waals surface area contributed by atoms with Crippen molar-refractivity contribution in [2.75, 3.05) is 0 Å². The molecule has 0 amide bonds. The van der Waals surface area contributed by atoms with Gasteiger partial charge >= 0.3 is 0 Å². The number of benzene rings is 3. The maximum atomic E-state index is 6.21. The first-order valence-electron chi connectivity index (χ1n) is 8.93. The zero-order chi connectivity index (χ0) is 18.7. The van der Waals surface area contributed by atoms with Crippen LogP contribution in [0.4, 0.5) is 0 Å². The molecule has 0 saturated heterocycles. The number of imidazole rings is 1. The lowest BCUT2D eigenvalue weighted by Crippen LogP contribution is -2.33. The first-order chi connectivity index (χ1) is 13.2. The first kappa shape index (κ1) is 18.0. The third kappa shape index (κ3) is 3.43. The summed E-state index contributed by atoms with van der Waals surface area (Å²) >= 11 is 6.21. The molecule has 0 unspecified atom stereocenters. The molecule has 0 bridgehead atoms. The van der Waals surface area contributed by atoms with Crippen LogP contribution in [0.1, 0.15) is 5.82 Å². The Balaban J connectivity index is 2.01. The molecule has 0 radical (unpaired) electrons. The molecule has 0 saturated carbocycles. The molecule has 0 spiro atoms. The number of nitrogens with zero attached hydrogens (tertiary/aromatic N) is 2. The summed E-state index contributed by atoms with van der Waals surface area (Å²) in [6.45, 7) is 0. The highest BCUT2D eigenvalue weighted by molar-refractivity contribution is 7.95. The Labute approximate surface area is 165 Å². The molecule has 0 fully saturated rings. The van der Waals surface area contributed by atoms with Crippen LogP contribution in [0.3, 0.4) is 0 Å². The Bertz CT molecular complexity index is 918. The van der Waals surface area contributed by atoms with Crippen LogP contribution in [0, 0.1) is 0 Å². The molecule has 4 heteroatoms. The van der Waals surface area contributed by atoms with E-state index in [2.05, 4.69) is 96.0 Å². The van der Waals surface area contributed by atoms with Gasteiger partial charge in [-0.05, 0) is 36.4 Å². The van der Waals surface area contributed by atoms with Gasteiger partial charge in [-0.3, -0.25) is 0 Å². The summed E-state index contributed by atoms with van der Waals surface area (Å²) < 4.78 is 2.05. The molecule has 0 atom stereocenters. The van der Waals surface area contributed by atoms with Crippen LogP contribution < -0.4 is 15.9 Å². The molecule has 1 heterocycles. The molecule has 2 nitrogen and oxygen atoms in total. The van der Waals surface area contributed by atoms with Gasteiger partial charge in [0.1, 0.15) is 40.3 Å². The van der Waals surface area contributed by atoms with Gasteiger partial charge in [-0.1, -0.05) is 66.2 Å². The molecule has 4 aromatic rings. The smallest absolute Gasteiger partial charge is 0.149 e. The van der Waals surface area contributed by atoms with Crippen LogP contribution in [0.15, 0.2) is 97.2 Å². The molecule has 0 aliphatic rings. The Morgan fingerprint density at radius 3 is 1.48 bits per heavy atom. The van der Waals surface area contributed by atoms with Crippen molar-refractivity contribution in [2.45, 2.75) is 6.16 Å². The summed E-state index contributed by atoms with van der Waals surface area (Å²) in [5.41, 5.74) is 0. The molecule has 0 aliphatic heterocycles. The van der Waals surface area contributed by atoms with E-state index in [1.165, 1.54) is 15.9 Å². The predicted molar refractivity (Wildman–Crippen MR) is 117 cm³/mol. The predicted octanol–water partition coefficient (Wildman–Crippen LogP) is 4.57. The normalized spacial score (nSPS) is 11.5. The summed E-state index contributed by atoms with van der Waals surface area (Å²) in [6, 6.07) is 32.5. The molecule has 0 N–H and O–H groups in total. The summed E-state index contributed by atoms with van der Waals surface area (Å²) in [7, 11) is 0.0870. The second-order valence-corrected chi connectivity index (χ2v) is 10.4. The van der Waals surface area contributed by atoms with Gasteiger partial charge in [0.05, 0.1) is 0 Å². The fourth-order valence-corrected chi connectivity index (χ4v) is 8.04. The topological polar surface area (TPSA) is 17.8 Å². The van der Waals surface area contributed by atoms with E-state index in [9.17, 15) is 0 Å². The van der Waals surface area contributed by atoms with Crippen LogP contribution in [-0.2, 0) is 13.2 Å². The van der Waals surface area contributed by atoms with Crippen molar-refractivity contribution >= 4 is 34.8 Å². The molecular weight excluding hydrogens is 371 g/mol. The van der Waals surface area contributed by atoms with E-state index in [0.29, 0.717) is 5.15 Å². The number of hydrogen-bond donors (Lipinski definition) is 0. The Hall–Kier alpha value is -2.41. The zero-order valence-corrected chi connectivity index (χ0v) is 16.8. The molecule has 27 heavy (non-hydrogen) atoms. The quantitative estimate of drug-likeness (QED) is 0.456. The third-order valence-corrected chi connectivity index (χ3v) is 9.39. The lowest BCUT2D eigenvalue weighted by atomic mass is 10.4. The van der Waals surface area contributed by atoms with Crippen LogP contribution in [0.2, 0.25) is 5.15 Å². The highest BCUT2D eigenvalue weighted by Crippen LogP contribution is 2.57. The minimum absolute atomic E-state index is 0.541. The molecule has 0 aliphatic carbocycles. The fraction of sp³-hybridized carbons (Fsp3) is 0.0870. The summed E-state index contributed by atoms with van der Waals surface area (Å²) in [4.78, 5) is 4.63. The molecule has 4 rings (SSSR count). The first-order valence-corrected chi connectivity index (χ1v) is 11.3. The van der Waals surface area contributed by atoms with Crippen LogP contribution in [0.25, 0.3) is 0 Å². The van der Waals surface area contributed by atoms with E-state index in [0.717, 1.165) is 12.0 Å². The maximum Gasteiger partial charge on any atom is 0.149 e. The van der Waals surface area contributed by atoms with Crippen molar-refractivity contribution in [3.63, 3.8) is 0 Å². The van der Waals surface area contributed by atoms with E-state index in [4.69, 9.17) is 11.6 Å². The molecule has 1 aromatic heterocycles. The standard InChI is InChI=1S/C23H21ClN2P/c1-26-17-22(24)25-23(26)18-27(19-11-5-2-6-12-19,20-13-7-3-8-14-20)21-15-9-4-10-16-21/h2-17H,18H2,1H3/q+1. The number of rotatable bonds is 5. The van der Waals surface area contributed by atoms with Gasteiger partial charge in [-0.15, -0.1) is 0 Å². The van der Waals surface area contributed by atoms with Crippen molar-refractivity contribution in [3.8, 4) is 0 Å². The monoisotopic (exact) mass is 391 g/mol.